The summed E-state index contributed by atoms with van der Waals surface area (Å²) in [6.07, 6.45) is 2.71. The molecule has 0 aromatic heterocycles. The maximum Gasteiger partial charge on any atom is 0.270 e. The van der Waals surface area contributed by atoms with Crippen molar-refractivity contribution in [2.75, 3.05) is 18.6 Å². The number of nitro benzene ring substituents is 1. The minimum atomic E-state index is -0.761. The summed E-state index contributed by atoms with van der Waals surface area (Å²) in [7, 11) is 0. The summed E-state index contributed by atoms with van der Waals surface area (Å²) in [5, 5.41) is 13.1. The topological polar surface area (TPSA) is 72.2 Å². The third kappa shape index (κ3) is 3.99. The zero-order valence-corrected chi connectivity index (χ0v) is 10.6. The number of nitrogens with one attached hydrogen (secondary N) is 1. The molecule has 7 heteroatoms. The lowest BCUT2D eigenvalue weighted by Gasteiger charge is -2.05. The van der Waals surface area contributed by atoms with Crippen molar-refractivity contribution in [1.82, 2.24) is 5.32 Å². The third-order valence-electron chi connectivity index (χ3n) is 2.22. The SMILES string of the molecule is CSCCCNC(=O)c1cc([N+](=O)[O-])ccc1F. The van der Waals surface area contributed by atoms with E-state index in [1.807, 2.05) is 6.26 Å². The molecule has 0 spiro atoms. The third-order valence-corrected chi connectivity index (χ3v) is 2.91. The molecule has 98 valence electrons. The van der Waals surface area contributed by atoms with Gasteiger partial charge in [0.1, 0.15) is 5.82 Å². The minimum absolute atomic E-state index is 0.298. The summed E-state index contributed by atoms with van der Waals surface area (Å²) < 4.78 is 13.4. The van der Waals surface area contributed by atoms with E-state index in [4.69, 9.17) is 0 Å². The molecule has 18 heavy (non-hydrogen) atoms. The van der Waals surface area contributed by atoms with Crippen LogP contribution in [0.3, 0.4) is 0 Å². The van der Waals surface area contributed by atoms with Crippen molar-refractivity contribution in [3.8, 4) is 0 Å². The first-order valence-corrected chi connectivity index (χ1v) is 6.66. The molecule has 0 unspecified atom stereocenters. The van der Waals surface area contributed by atoms with Gasteiger partial charge in [0.05, 0.1) is 10.5 Å². The number of non-ortho nitro benzene ring substituents is 1. The molecule has 0 atom stereocenters. The second-order valence-corrected chi connectivity index (χ2v) is 4.51. The van der Waals surface area contributed by atoms with Gasteiger partial charge in [-0.15, -0.1) is 0 Å². The fraction of sp³-hybridized carbons (Fsp3) is 0.364. The highest BCUT2D eigenvalue weighted by Crippen LogP contribution is 2.16. The van der Waals surface area contributed by atoms with Crippen LogP contribution in [0.15, 0.2) is 18.2 Å². The Balaban J connectivity index is 2.72. The largest absolute Gasteiger partial charge is 0.352 e. The van der Waals surface area contributed by atoms with Gasteiger partial charge in [0.15, 0.2) is 0 Å². The van der Waals surface area contributed by atoms with Crippen molar-refractivity contribution >= 4 is 23.4 Å². The van der Waals surface area contributed by atoms with Crippen molar-refractivity contribution < 1.29 is 14.1 Å². The van der Waals surface area contributed by atoms with Crippen LogP contribution in [0.4, 0.5) is 10.1 Å². The number of nitro groups is 1. The summed E-state index contributed by atoms with van der Waals surface area (Å²) >= 11 is 1.64. The van der Waals surface area contributed by atoms with Gasteiger partial charge in [-0.3, -0.25) is 14.9 Å². The van der Waals surface area contributed by atoms with Crippen molar-refractivity contribution in [1.29, 1.82) is 0 Å². The van der Waals surface area contributed by atoms with Crippen molar-refractivity contribution in [3.05, 3.63) is 39.7 Å². The van der Waals surface area contributed by atoms with Crippen molar-refractivity contribution in [2.24, 2.45) is 0 Å². The Morgan fingerprint density at radius 2 is 2.28 bits per heavy atom. The van der Waals surface area contributed by atoms with Gasteiger partial charge >= 0.3 is 0 Å². The highest BCUT2D eigenvalue weighted by molar-refractivity contribution is 7.98. The van der Waals surface area contributed by atoms with Gasteiger partial charge in [0, 0.05) is 18.7 Å². The molecule has 0 saturated carbocycles. The van der Waals surface area contributed by atoms with Gasteiger partial charge in [-0.1, -0.05) is 0 Å². The van der Waals surface area contributed by atoms with Gasteiger partial charge in [0.2, 0.25) is 0 Å². The fourth-order valence-electron chi connectivity index (χ4n) is 1.31. The molecule has 1 aromatic rings. The number of carbonyl (C=O) groups is 1. The van der Waals surface area contributed by atoms with Crippen molar-refractivity contribution in [2.45, 2.75) is 6.42 Å². The van der Waals surface area contributed by atoms with Gasteiger partial charge < -0.3 is 5.32 Å². The quantitative estimate of drug-likeness (QED) is 0.489. The number of hydrogen-bond donors (Lipinski definition) is 1. The molecule has 1 amide bonds. The van der Waals surface area contributed by atoms with Gasteiger partial charge in [0.25, 0.3) is 11.6 Å². The molecule has 0 aliphatic heterocycles. The molecule has 0 aliphatic carbocycles. The Kier molecular flexibility index (Phi) is 5.57. The highest BCUT2D eigenvalue weighted by Gasteiger charge is 2.16. The molecule has 0 bridgehead atoms. The van der Waals surface area contributed by atoms with E-state index in [1.165, 1.54) is 0 Å². The van der Waals surface area contributed by atoms with Crippen LogP contribution >= 0.6 is 11.8 Å². The lowest BCUT2D eigenvalue weighted by Crippen LogP contribution is -2.25. The second kappa shape index (κ2) is 6.95. The molecule has 0 fully saturated rings. The molecule has 1 N–H and O–H groups in total. The highest BCUT2D eigenvalue weighted by atomic mass is 32.2. The maximum atomic E-state index is 13.4. The second-order valence-electron chi connectivity index (χ2n) is 3.52. The number of amides is 1. The molecule has 0 heterocycles. The van der Waals surface area contributed by atoms with Gasteiger partial charge in [-0.05, 0) is 24.5 Å². The number of halogens is 1. The average Bonchev–Trinajstić information content (AvgIpc) is 2.34. The number of carbonyl (C=O) groups excluding carboxylic acids is 1. The van der Waals surface area contributed by atoms with Gasteiger partial charge in [-0.2, -0.15) is 11.8 Å². The fourth-order valence-corrected chi connectivity index (χ4v) is 1.75. The van der Waals surface area contributed by atoms with Gasteiger partial charge in [-0.25, -0.2) is 4.39 Å². The maximum absolute atomic E-state index is 13.4. The normalized spacial score (nSPS) is 10.1. The monoisotopic (exact) mass is 272 g/mol. The molecule has 0 saturated heterocycles. The Hall–Kier alpha value is -1.63. The Morgan fingerprint density at radius 3 is 2.89 bits per heavy atom. The predicted molar refractivity (Wildman–Crippen MR) is 68.4 cm³/mol. The minimum Gasteiger partial charge on any atom is -0.352 e. The Bertz CT molecular complexity index is 454. The first-order valence-electron chi connectivity index (χ1n) is 5.27. The first kappa shape index (κ1) is 14.4. The van der Waals surface area contributed by atoms with Crippen LogP contribution in [0.2, 0.25) is 0 Å². The lowest BCUT2D eigenvalue weighted by atomic mass is 10.1. The Morgan fingerprint density at radius 1 is 1.56 bits per heavy atom. The van der Waals surface area contributed by atoms with Crippen LogP contribution in [-0.2, 0) is 0 Å². The zero-order chi connectivity index (χ0) is 13.5. The zero-order valence-electron chi connectivity index (χ0n) is 9.81. The van der Waals surface area contributed by atoms with Crippen LogP contribution in [0.25, 0.3) is 0 Å². The average molecular weight is 272 g/mol. The van der Waals surface area contributed by atoms with E-state index >= 15 is 0 Å². The van der Waals surface area contributed by atoms with Crippen LogP contribution in [-0.4, -0.2) is 29.4 Å². The number of benzene rings is 1. The molecular formula is C11H13FN2O3S. The molecule has 1 rings (SSSR count). The summed E-state index contributed by atoms with van der Waals surface area (Å²) in [6, 6.07) is 2.90. The molecule has 5 nitrogen and oxygen atoms in total. The van der Waals surface area contributed by atoms with Crippen molar-refractivity contribution in [3.63, 3.8) is 0 Å². The molecule has 0 aliphatic rings. The Labute approximate surface area is 108 Å². The number of thioether (sulfide) groups is 1. The number of nitrogens with zero attached hydrogens (tertiary/aromatic N) is 1. The standard InChI is InChI=1S/C11H13FN2O3S/c1-18-6-2-5-13-11(15)9-7-8(14(16)17)3-4-10(9)12/h3-4,7H,2,5-6H2,1H3,(H,13,15). The van der Waals surface area contributed by atoms with E-state index in [1.54, 1.807) is 11.8 Å². The molecule has 0 radical (unpaired) electrons. The van der Waals surface area contributed by atoms with Crippen LogP contribution in [0, 0.1) is 15.9 Å². The van der Waals surface area contributed by atoms with Crippen LogP contribution in [0.1, 0.15) is 16.8 Å². The van der Waals surface area contributed by atoms with E-state index in [0.717, 1.165) is 30.4 Å². The molecule has 1 aromatic carbocycles. The summed E-state index contributed by atoms with van der Waals surface area (Å²) in [5.74, 6) is -0.502. The summed E-state index contributed by atoms with van der Waals surface area (Å²) in [5.41, 5.74) is -0.598. The molecular weight excluding hydrogens is 259 g/mol. The van der Waals surface area contributed by atoms with Crippen LogP contribution in [0.5, 0.6) is 0 Å². The van der Waals surface area contributed by atoms with Crippen LogP contribution < -0.4 is 5.32 Å². The van der Waals surface area contributed by atoms with E-state index in [-0.39, 0.29) is 11.3 Å². The van der Waals surface area contributed by atoms with E-state index in [9.17, 15) is 19.3 Å². The first-order chi connectivity index (χ1) is 8.56. The number of hydrogen-bond acceptors (Lipinski definition) is 4. The summed E-state index contributed by atoms with van der Waals surface area (Å²) in [4.78, 5) is 21.5. The van der Waals surface area contributed by atoms with E-state index < -0.39 is 16.6 Å². The summed E-state index contributed by atoms with van der Waals surface area (Å²) in [6.45, 7) is 0.418. The van der Waals surface area contributed by atoms with E-state index in [0.29, 0.717) is 6.54 Å². The predicted octanol–water partition coefficient (Wildman–Crippen LogP) is 2.22. The smallest absolute Gasteiger partial charge is 0.270 e. The van der Waals surface area contributed by atoms with E-state index in [2.05, 4.69) is 5.32 Å². The lowest BCUT2D eigenvalue weighted by molar-refractivity contribution is -0.384. The number of rotatable bonds is 6.